The van der Waals surface area contributed by atoms with Crippen molar-refractivity contribution in [1.29, 1.82) is 0 Å². The zero-order valence-corrected chi connectivity index (χ0v) is 12.5. The van der Waals surface area contributed by atoms with Gasteiger partial charge < -0.3 is 4.74 Å². The van der Waals surface area contributed by atoms with Crippen LogP contribution in [-0.4, -0.2) is 12.2 Å². The zero-order valence-electron chi connectivity index (χ0n) is 12.5. The summed E-state index contributed by atoms with van der Waals surface area (Å²) >= 11 is 0. The summed E-state index contributed by atoms with van der Waals surface area (Å²) in [4.78, 5) is 0. The summed E-state index contributed by atoms with van der Waals surface area (Å²) in [5.74, 6) is 4.78. The Hall–Kier alpha value is -1.04. The number of rotatable bonds is 5. The first-order valence-corrected chi connectivity index (χ1v) is 7.68. The molecule has 118 valence electrons. The van der Waals surface area contributed by atoms with E-state index in [1.54, 1.807) is 0 Å². The van der Waals surface area contributed by atoms with Gasteiger partial charge in [-0.15, -0.1) is 0 Å². The molecule has 0 aliphatic heterocycles. The van der Waals surface area contributed by atoms with Crippen molar-refractivity contribution in [3.8, 4) is 0 Å². The van der Waals surface area contributed by atoms with E-state index in [0.717, 1.165) is 50.7 Å². The molecule has 0 heterocycles. The Morgan fingerprint density at radius 3 is 2.48 bits per heavy atom. The summed E-state index contributed by atoms with van der Waals surface area (Å²) in [6.07, 6.45) is 5.89. The van der Waals surface area contributed by atoms with Crippen LogP contribution in [0.15, 0.2) is 18.2 Å². The molecule has 1 aromatic carbocycles. The molecule has 0 aromatic heterocycles. The minimum absolute atomic E-state index is 0.243. The third-order valence-corrected chi connectivity index (χ3v) is 4.34. The smallest absolute Gasteiger partial charge is 0.128 e. The Kier molecular flexibility index (Phi) is 5.67. The Morgan fingerprint density at radius 2 is 1.90 bits per heavy atom. The first-order chi connectivity index (χ1) is 10.1. The molecular formula is C16H24F2N2O. The van der Waals surface area contributed by atoms with Crippen molar-refractivity contribution in [3.63, 3.8) is 0 Å². The maximum absolute atomic E-state index is 14.2. The second kappa shape index (κ2) is 7.29. The van der Waals surface area contributed by atoms with Crippen LogP contribution in [0, 0.1) is 11.6 Å². The van der Waals surface area contributed by atoms with Gasteiger partial charge in [-0.1, -0.05) is 25.7 Å². The lowest BCUT2D eigenvalue weighted by Crippen LogP contribution is -2.48. The van der Waals surface area contributed by atoms with Crippen LogP contribution in [0.1, 0.15) is 57.1 Å². The standard InChI is InChI=1S/C16H24F2N2O/c1-2-21-16(9-5-3-4-6-10-16)15(20-19)13-11-12(17)7-8-14(13)18/h7-8,11,15,20H,2-6,9-10,19H2,1H3. The minimum atomic E-state index is -0.575. The van der Waals surface area contributed by atoms with Crippen molar-refractivity contribution in [2.75, 3.05) is 6.61 Å². The molecule has 2 rings (SSSR count). The SMILES string of the molecule is CCOC1(C(NN)c2cc(F)ccc2F)CCCCCC1. The summed E-state index contributed by atoms with van der Waals surface area (Å²) in [6.45, 7) is 2.44. The molecular weight excluding hydrogens is 274 g/mol. The molecule has 1 aliphatic carbocycles. The van der Waals surface area contributed by atoms with Gasteiger partial charge in [-0.3, -0.25) is 5.84 Å². The van der Waals surface area contributed by atoms with E-state index < -0.39 is 23.3 Å². The van der Waals surface area contributed by atoms with E-state index >= 15 is 0 Å². The summed E-state index contributed by atoms with van der Waals surface area (Å²) < 4.78 is 33.7. The molecule has 3 N–H and O–H groups in total. The molecule has 21 heavy (non-hydrogen) atoms. The average Bonchev–Trinajstić information content (AvgIpc) is 2.70. The number of nitrogens with one attached hydrogen (secondary N) is 1. The van der Waals surface area contributed by atoms with Crippen LogP contribution in [0.2, 0.25) is 0 Å². The Morgan fingerprint density at radius 1 is 1.24 bits per heavy atom. The van der Waals surface area contributed by atoms with E-state index in [4.69, 9.17) is 10.6 Å². The largest absolute Gasteiger partial charge is 0.373 e. The number of hydrogen-bond acceptors (Lipinski definition) is 3. The van der Waals surface area contributed by atoms with Gasteiger partial charge in [0.05, 0.1) is 11.6 Å². The molecule has 0 spiro atoms. The zero-order chi connectivity index (χ0) is 15.3. The predicted molar refractivity (Wildman–Crippen MR) is 78.5 cm³/mol. The summed E-state index contributed by atoms with van der Waals surface area (Å²) in [5, 5.41) is 0. The minimum Gasteiger partial charge on any atom is -0.373 e. The molecule has 1 saturated carbocycles. The number of ether oxygens (including phenoxy) is 1. The Labute approximate surface area is 124 Å². The van der Waals surface area contributed by atoms with Crippen LogP contribution in [0.25, 0.3) is 0 Å². The second-order valence-electron chi connectivity index (χ2n) is 5.68. The van der Waals surface area contributed by atoms with Crippen LogP contribution >= 0.6 is 0 Å². The van der Waals surface area contributed by atoms with Gasteiger partial charge in [0.2, 0.25) is 0 Å². The number of hydrogen-bond donors (Lipinski definition) is 2. The van der Waals surface area contributed by atoms with Crippen molar-refractivity contribution >= 4 is 0 Å². The van der Waals surface area contributed by atoms with E-state index in [-0.39, 0.29) is 5.56 Å². The van der Waals surface area contributed by atoms with Gasteiger partial charge in [0.1, 0.15) is 11.6 Å². The quantitative estimate of drug-likeness (QED) is 0.496. The van der Waals surface area contributed by atoms with Crippen molar-refractivity contribution in [2.24, 2.45) is 5.84 Å². The maximum atomic E-state index is 14.2. The van der Waals surface area contributed by atoms with Crippen LogP contribution in [0.4, 0.5) is 8.78 Å². The van der Waals surface area contributed by atoms with Crippen LogP contribution < -0.4 is 11.3 Å². The molecule has 1 fully saturated rings. The lowest BCUT2D eigenvalue weighted by atomic mass is 9.82. The number of hydrazine groups is 1. The molecule has 1 unspecified atom stereocenters. The molecule has 0 saturated heterocycles. The fourth-order valence-corrected chi connectivity index (χ4v) is 3.39. The fraction of sp³-hybridized carbons (Fsp3) is 0.625. The molecule has 0 radical (unpaired) electrons. The summed E-state index contributed by atoms with van der Waals surface area (Å²) in [5.41, 5.74) is 2.35. The first kappa shape index (κ1) is 16.3. The highest BCUT2D eigenvalue weighted by atomic mass is 19.1. The summed E-state index contributed by atoms with van der Waals surface area (Å²) in [6, 6.07) is 2.93. The van der Waals surface area contributed by atoms with Crippen LogP contribution in [0.3, 0.4) is 0 Å². The highest BCUT2D eigenvalue weighted by Crippen LogP contribution is 2.41. The highest BCUT2D eigenvalue weighted by molar-refractivity contribution is 5.25. The molecule has 3 nitrogen and oxygen atoms in total. The average molecular weight is 298 g/mol. The lowest BCUT2D eigenvalue weighted by molar-refractivity contribution is -0.0790. The topological polar surface area (TPSA) is 47.3 Å². The molecule has 0 bridgehead atoms. The predicted octanol–water partition coefficient (Wildman–Crippen LogP) is 3.60. The molecule has 1 atom stereocenters. The lowest BCUT2D eigenvalue weighted by Gasteiger charge is -2.40. The monoisotopic (exact) mass is 298 g/mol. The van der Waals surface area contributed by atoms with E-state index in [1.165, 1.54) is 6.07 Å². The van der Waals surface area contributed by atoms with Crippen molar-refractivity contribution in [3.05, 3.63) is 35.4 Å². The molecule has 1 aliphatic rings. The number of nitrogens with two attached hydrogens (primary N) is 1. The number of benzene rings is 1. The van der Waals surface area contributed by atoms with Gasteiger partial charge in [0, 0.05) is 12.2 Å². The Bertz CT molecular complexity index is 460. The van der Waals surface area contributed by atoms with Gasteiger partial charge in [0.25, 0.3) is 0 Å². The molecule has 1 aromatic rings. The normalized spacial score (nSPS) is 20.0. The molecule has 5 heteroatoms. The maximum Gasteiger partial charge on any atom is 0.128 e. The van der Waals surface area contributed by atoms with E-state index in [0.29, 0.717) is 6.61 Å². The van der Waals surface area contributed by atoms with Gasteiger partial charge in [-0.25, -0.2) is 14.2 Å². The van der Waals surface area contributed by atoms with E-state index in [9.17, 15) is 8.78 Å². The van der Waals surface area contributed by atoms with Crippen LogP contribution in [-0.2, 0) is 4.74 Å². The van der Waals surface area contributed by atoms with Crippen molar-refractivity contribution in [2.45, 2.75) is 57.1 Å². The van der Waals surface area contributed by atoms with Crippen molar-refractivity contribution in [1.82, 2.24) is 5.43 Å². The fourth-order valence-electron chi connectivity index (χ4n) is 3.39. The second-order valence-corrected chi connectivity index (χ2v) is 5.68. The van der Waals surface area contributed by atoms with Crippen molar-refractivity contribution < 1.29 is 13.5 Å². The van der Waals surface area contributed by atoms with E-state index in [1.807, 2.05) is 6.92 Å². The van der Waals surface area contributed by atoms with E-state index in [2.05, 4.69) is 5.43 Å². The first-order valence-electron chi connectivity index (χ1n) is 7.68. The van der Waals surface area contributed by atoms with Gasteiger partial charge >= 0.3 is 0 Å². The third-order valence-electron chi connectivity index (χ3n) is 4.34. The number of halogens is 2. The molecule has 0 amide bonds. The highest BCUT2D eigenvalue weighted by Gasteiger charge is 2.41. The Balaban J connectivity index is 2.41. The van der Waals surface area contributed by atoms with Gasteiger partial charge in [-0.05, 0) is 38.0 Å². The van der Waals surface area contributed by atoms with Gasteiger partial charge in [0.15, 0.2) is 0 Å². The van der Waals surface area contributed by atoms with Gasteiger partial charge in [-0.2, -0.15) is 0 Å². The third kappa shape index (κ3) is 3.59. The summed E-state index contributed by atoms with van der Waals surface area (Å²) in [7, 11) is 0. The van der Waals surface area contributed by atoms with Crippen LogP contribution in [0.5, 0.6) is 0 Å².